The average molecular weight is 360 g/mol. The second-order valence-corrected chi connectivity index (χ2v) is 6.62. The van der Waals surface area contributed by atoms with Crippen molar-refractivity contribution in [3.8, 4) is 0 Å². The van der Waals surface area contributed by atoms with Gasteiger partial charge in [0.1, 0.15) is 0 Å². The molecule has 3 N–H and O–H groups in total. The van der Waals surface area contributed by atoms with Gasteiger partial charge in [-0.2, -0.15) is 0 Å². The highest BCUT2D eigenvalue weighted by molar-refractivity contribution is 5.81. The number of likely N-dealkylation sites (N-methyl/N-ethyl adjacent to an activating group) is 1. The van der Waals surface area contributed by atoms with Crippen LogP contribution in [0.4, 0.5) is 5.69 Å². The van der Waals surface area contributed by atoms with Crippen molar-refractivity contribution in [3.63, 3.8) is 0 Å². The SMILES string of the molecule is CCNC(=NCCNC(=O)C1CC1)NCCN(CC)c1ccccc1C. The summed E-state index contributed by atoms with van der Waals surface area (Å²) in [7, 11) is 0. The van der Waals surface area contributed by atoms with Crippen LogP contribution in [0.2, 0.25) is 0 Å². The Kier molecular flexibility index (Phi) is 8.25. The van der Waals surface area contributed by atoms with Gasteiger partial charge in [0.25, 0.3) is 0 Å². The molecular weight excluding hydrogens is 326 g/mol. The van der Waals surface area contributed by atoms with Gasteiger partial charge in [0.05, 0.1) is 6.54 Å². The molecule has 6 heteroatoms. The summed E-state index contributed by atoms with van der Waals surface area (Å²) >= 11 is 0. The largest absolute Gasteiger partial charge is 0.370 e. The highest BCUT2D eigenvalue weighted by atomic mass is 16.2. The van der Waals surface area contributed by atoms with Crippen LogP contribution in [0.25, 0.3) is 0 Å². The summed E-state index contributed by atoms with van der Waals surface area (Å²) < 4.78 is 0. The molecule has 2 rings (SSSR count). The molecule has 0 aromatic heterocycles. The molecule has 0 atom stereocenters. The number of amides is 1. The summed E-state index contributed by atoms with van der Waals surface area (Å²) in [6, 6.07) is 8.47. The Labute approximate surface area is 157 Å². The Hall–Kier alpha value is -2.24. The topological polar surface area (TPSA) is 68.8 Å². The molecule has 0 heterocycles. The third-order valence-electron chi connectivity index (χ3n) is 4.49. The molecule has 1 amide bonds. The number of hydrogen-bond acceptors (Lipinski definition) is 3. The number of carbonyl (C=O) groups is 1. The molecule has 1 aliphatic carbocycles. The van der Waals surface area contributed by atoms with E-state index in [2.05, 4.69) is 70.9 Å². The van der Waals surface area contributed by atoms with Crippen LogP contribution in [0, 0.1) is 12.8 Å². The molecule has 26 heavy (non-hydrogen) atoms. The number of anilines is 1. The number of aryl methyl sites for hydroxylation is 1. The molecule has 0 unspecified atom stereocenters. The molecule has 1 aliphatic rings. The number of aliphatic imine (C=N–C) groups is 1. The Bertz CT molecular complexity index is 598. The zero-order valence-electron chi connectivity index (χ0n) is 16.3. The van der Waals surface area contributed by atoms with E-state index in [4.69, 9.17) is 0 Å². The summed E-state index contributed by atoms with van der Waals surface area (Å²) in [5.41, 5.74) is 2.57. The first kappa shape index (κ1) is 20.1. The van der Waals surface area contributed by atoms with Crippen LogP contribution in [0.3, 0.4) is 0 Å². The molecular formula is C20H33N5O. The van der Waals surface area contributed by atoms with Gasteiger partial charge in [-0.3, -0.25) is 9.79 Å². The van der Waals surface area contributed by atoms with Crippen molar-refractivity contribution in [2.45, 2.75) is 33.6 Å². The summed E-state index contributed by atoms with van der Waals surface area (Å²) in [4.78, 5) is 18.5. The molecule has 1 aromatic rings. The molecule has 0 radical (unpaired) electrons. The predicted octanol–water partition coefficient (Wildman–Crippen LogP) is 1.90. The van der Waals surface area contributed by atoms with E-state index in [1.165, 1.54) is 11.3 Å². The number of guanidine groups is 1. The number of nitrogens with zero attached hydrogens (tertiary/aromatic N) is 2. The summed E-state index contributed by atoms with van der Waals surface area (Å²) in [5, 5.41) is 9.58. The van der Waals surface area contributed by atoms with Gasteiger partial charge in [0.2, 0.25) is 5.91 Å². The van der Waals surface area contributed by atoms with E-state index in [1.807, 2.05) is 0 Å². The molecule has 6 nitrogen and oxygen atoms in total. The smallest absolute Gasteiger partial charge is 0.223 e. The Balaban J connectivity index is 1.76. The second-order valence-electron chi connectivity index (χ2n) is 6.62. The van der Waals surface area contributed by atoms with Crippen LogP contribution in [0.1, 0.15) is 32.3 Å². The lowest BCUT2D eigenvalue weighted by Crippen LogP contribution is -2.42. The normalized spacial score (nSPS) is 14.0. The monoisotopic (exact) mass is 359 g/mol. The molecule has 0 aliphatic heterocycles. The molecule has 1 aromatic carbocycles. The van der Waals surface area contributed by atoms with Crippen molar-refractivity contribution in [2.24, 2.45) is 10.9 Å². The van der Waals surface area contributed by atoms with Gasteiger partial charge in [-0.25, -0.2) is 0 Å². The Morgan fingerprint density at radius 2 is 1.92 bits per heavy atom. The lowest BCUT2D eigenvalue weighted by atomic mass is 10.2. The predicted molar refractivity (Wildman–Crippen MR) is 109 cm³/mol. The van der Waals surface area contributed by atoms with Crippen LogP contribution >= 0.6 is 0 Å². The van der Waals surface area contributed by atoms with Crippen LogP contribution in [0.15, 0.2) is 29.3 Å². The van der Waals surface area contributed by atoms with Gasteiger partial charge >= 0.3 is 0 Å². The molecule has 144 valence electrons. The molecule has 1 saturated carbocycles. The van der Waals surface area contributed by atoms with Crippen molar-refractivity contribution in [1.82, 2.24) is 16.0 Å². The summed E-state index contributed by atoms with van der Waals surface area (Å²) in [6.07, 6.45) is 2.07. The minimum Gasteiger partial charge on any atom is -0.370 e. The lowest BCUT2D eigenvalue weighted by molar-refractivity contribution is -0.122. The van der Waals surface area contributed by atoms with Crippen molar-refractivity contribution in [3.05, 3.63) is 29.8 Å². The van der Waals surface area contributed by atoms with Gasteiger partial charge in [-0.15, -0.1) is 0 Å². The fraction of sp³-hybridized carbons (Fsp3) is 0.600. The molecule has 0 saturated heterocycles. The van der Waals surface area contributed by atoms with E-state index in [0.29, 0.717) is 13.1 Å². The maximum atomic E-state index is 11.6. The first-order valence-corrected chi connectivity index (χ1v) is 9.76. The minimum atomic E-state index is 0.176. The van der Waals surface area contributed by atoms with E-state index < -0.39 is 0 Å². The maximum Gasteiger partial charge on any atom is 0.223 e. The van der Waals surface area contributed by atoms with Gasteiger partial charge in [-0.1, -0.05) is 18.2 Å². The fourth-order valence-corrected chi connectivity index (χ4v) is 2.85. The number of benzene rings is 1. The standard InChI is InChI=1S/C20H33N5O/c1-4-21-20(23-13-12-22-19(26)17-10-11-17)24-14-15-25(5-2)18-9-7-6-8-16(18)3/h6-9,17H,4-5,10-15H2,1-3H3,(H,22,26)(H2,21,23,24). The van der Waals surface area contributed by atoms with Crippen molar-refractivity contribution in [1.29, 1.82) is 0 Å². The van der Waals surface area contributed by atoms with Crippen molar-refractivity contribution >= 4 is 17.6 Å². The summed E-state index contributed by atoms with van der Waals surface area (Å²) in [6.45, 7) is 11.0. The number of carbonyl (C=O) groups excluding carboxylic acids is 1. The number of rotatable bonds is 10. The van der Waals surface area contributed by atoms with Gasteiger partial charge in [0, 0.05) is 44.3 Å². The number of hydrogen-bond donors (Lipinski definition) is 3. The third kappa shape index (κ3) is 6.58. The zero-order chi connectivity index (χ0) is 18.8. The fourth-order valence-electron chi connectivity index (χ4n) is 2.85. The maximum absolute atomic E-state index is 11.6. The van der Waals surface area contributed by atoms with Crippen molar-refractivity contribution in [2.75, 3.05) is 44.2 Å². The van der Waals surface area contributed by atoms with E-state index in [0.717, 1.165) is 45.0 Å². The first-order valence-electron chi connectivity index (χ1n) is 9.76. The Morgan fingerprint density at radius 1 is 1.15 bits per heavy atom. The van der Waals surface area contributed by atoms with Crippen LogP contribution < -0.4 is 20.9 Å². The average Bonchev–Trinajstić information content (AvgIpc) is 3.48. The number of para-hydroxylation sites is 1. The third-order valence-corrected chi connectivity index (χ3v) is 4.49. The van der Waals surface area contributed by atoms with E-state index in [9.17, 15) is 4.79 Å². The Morgan fingerprint density at radius 3 is 2.58 bits per heavy atom. The first-order chi connectivity index (χ1) is 12.7. The highest BCUT2D eigenvalue weighted by Crippen LogP contribution is 2.28. The zero-order valence-corrected chi connectivity index (χ0v) is 16.3. The highest BCUT2D eigenvalue weighted by Gasteiger charge is 2.28. The van der Waals surface area contributed by atoms with Crippen LogP contribution in [-0.4, -0.2) is 51.1 Å². The number of nitrogens with one attached hydrogen (secondary N) is 3. The quantitative estimate of drug-likeness (QED) is 0.339. The molecule has 0 bridgehead atoms. The van der Waals surface area contributed by atoms with Crippen LogP contribution in [-0.2, 0) is 4.79 Å². The molecule has 1 fully saturated rings. The van der Waals surface area contributed by atoms with Crippen LogP contribution in [0.5, 0.6) is 0 Å². The van der Waals surface area contributed by atoms with Gasteiger partial charge < -0.3 is 20.9 Å². The second kappa shape index (κ2) is 10.7. The van der Waals surface area contributed by atoms with E-state index in [-0.39, 0.29) is 11.8 Å². The lowest BCUT2D eigenvalue weighted by Gasteiger charge is -2.25. The van der Waals surface area contributed by atoms with Crippen molar-refractivity contribution < 1.29 is 4.79 Å². The van der Waals surface area contributed by atoms with E-state index in [1.54, 1.807) is 0 Å². The molecule has 0 spiro atoms. The van der Waals surface area contributed by atoms with Gasteiger partial charge in [-0.05, 0) is 45.2 Å². The van der Waals surface area contributed by atoms with Gasteiger partial charge in [0.15, 0.2) is 5.96 Å². The summed E-state index contributed by atoms with van der Waals surface area (Å²) in [5.74, 6) is 1.23. The minimum absolute atomic E-state index is 0.176. The van der Waals surface area contributed by atoms with E-state index >= 15 is 0 Å².